The van der Waals surface area contributed by atoms with Gasteiger partial charge in [0.25, 0.3) is 0 Å². The van der Waals surface area contributed by atoms with Crippen LogP contribution in [-0.4, -0.2) is 29.4 Å². The first-order valence-corrected chi connectivity index (χ1v) is 3.48. The molecule has 38 valence electrons. The second-order valence-corrected chi connectivity index (χ2v) is 2.94. The van der Waals surface area contributed by atoms with Crippen LogP contribution >= 0.6 is 0 Å². The Labute approximate surface area is 36.2 Å². The predicted molar refractivity (Wildman–Crippen MR) is 21.5 cm³/mol. The van der Waals surface area contributed by atoms with Gasteiger partial charge in [-0.25, -0.2) is 0 Å². The standard InChI is InChI=1S/CH7NO3Si/c2-1-6(3,4)5/h3-5H,1-2H2. The van der Waals surface area contributed by atoms with Crippen molar-refractivity contribution in [2.75, 3.05) is 6.17 Å². The molecule has 0 aromatic rings. The molecule has 0 aromatic carbocycles. The van der Waals surface area contributed by atoms with E-state index in [1.165, 1.54) is 0 Å². The molecule has 0 atom stereocenters. The van der Waals surface area contributed by atoms with E-state index < -0.39 is 15.0 Å². The fraction of sp³-hybridized carbons (Fsp3) is 1.00. The van der Waals surface area contributed by atoms with Crippen LogP contribution in [0.1, 0.15) is 0 Å². The smallest absolute Gasteiger partial charge is 0.389 e. The number of rotatable bonds is 1. The molecule has 0 saturated heterocycles. The highest BCUT2D eigenvalue weighted by Crippen LogP contribution is 1.74. The van der Waals surface area contributed by atoms with E-state index in [0.717, 1.165) is 0 Å². The van der Waals surface area contributed by atoms with Gasteiger partial charge in [-0.05, 0) is 0 Å². The molecule has 0 bridgehead atoms. The summed E-state index contributed by atoms with van der Waals surface area (Å²) in [5.41, 5.74) is 4.62. The van der Waals surface area contributed by atoms with Crippen molar-refractivity contribution in [3.63, 3.8) is 0 Å². The van der Waals surface area contributed by atoms with E-state index in [0.29, 0.717) is 0 Å². The first-order chi connectivity index (χ1) is 2.56. The molecule has 0 fully saturated rings. The molecule has 6 heavy (non-hydrogen) atoms. The van der Waals surface area contributed by atoms with Crippen LogP contribution < -0.4 is 5.73 Å². The van der Waals surface area contributed by atoms with Crippen LogP contribution in [0.25, 0.3) is 0 Å². The summed E-state index contributed by atoms with van der Waals surface area (Å²) in [5.74, 6) is 0. The average molecular weight is 109 g/mol. The Morgan fingerprint density at radius 3 is 1.50 bits per heavy atom. The van der Waals surface area contributed by atoms with Crippen LogP contribution in [0.3, 0.4) is 0 Å². The average Bonchev–Trinajstić information content (AvgIpc) is 1.35. The lowest BCUT2D eigenvalue weighted by atomic mass is 11.5. The highest BCUT2D eigenvalue weighted by molar-refractivity contribution is 6.56. The van der Waals surface area contributed by atoms with E-state index in [-0.39, 0.29) is 0 Å². The predicted octanol–water partition coefficient (Wildman–Crippen LogP) is -2.60. The highest BCUT2D eigenvalue weighted by Gasteiger charge is 2.22. The molecule has 5 N–H and O–H groups in total. The lowest BCUT2D eigenvalue weighted by Crippen LogP contribution is -2.43. The number of hydrogen-bond donors (Lipinski definition) is 4. The quantitative estimate of drug-likeness (QED) is 0.278. The number of hydrogen-bond acceptors (Lipinski definition) is 4. The van der Waals surface area contributed by atoms with Gasteiger partial charge in [0.05, 0.1) is 6.17 Å². The third kappa shape index (κ3) is 4.06. The molecular formula is CH7NO3Si. The van der Waals surface area contributed by atoms with Crippen molar-refractivity contribution in [1.29, 1.82) is 0 Å². The van der Waals surface area contributed by atoms with E-state index in [1.807, 2.05) is 0 Å². The second kappa shape index (κ2) is 1.67. The SMILES string of the molecule is NC[Si](O)(O)O. The monoisotopic (exact) mass is 109 g/mol. The Morgan fingerprint density at radius 1 is 1.33 bits per heavy atom. The Hall–Kier alpha value is 0.0569. The molecule has 5 heteroatoms. The van der Waals surface area contributed by atoms with Gasteiger partial charge < -0.3 is 20.1 Å². The molecule has 0 heterocycles. The van der Waals surface area contributed by atoms with Gasteiger partial charge >= 0.3 is 8.80 Å². The van der Waals surface area contributed by atoms with Gasteiger partial charge in [0.1, 0.15) is 0 Å². The van der Waals surface area contributed by atoms with Gasteiger partial charge in [-0.3, -0.25) is 0 Å². The Balaban J connectivity index is 3.17. The molecule has 0 aromatic heterocycles. The maximum atomic E-state index is 7.95. The van der Waals surface area contributed by atoms with E-state index in [2.05, 4.69) is 5.73 Å². The molecule has 0 amide bonds. The zero-order valence-electron chi connectivity index (χ0n) is 3.13. The summed E-state index contributed by atoms with van der Waals surface area (Å²) in [5, 5.41) is 0. The van der Waals surface area contributed by atoms with Gasteiger partial charge in [0.2, 0.25) is 0 Å². The van der Waals surface area contributed by atoms with Crippen molar-refractivity contribution in [2.45, 2.75) is 0 Å². The van der Waals surface area contributed by atoms with Crippen LogP contribution in [0, 0.1) is 0 Å². The first-order valence-electron chi connectivity index (χ1n) is 1.43. The van der Waals surface area contributed by atoms with Gasteiger partial charge in [-0.15, -0.1) is 0 Å². The summed E-state index contributed by atoms with van der Waals surface area (Å²) in [6.07, 6.45) is -0.424. The fourth-order valence-electron chi connectivity index (χ4n) is 0. The van der Waals surface area contributed by atoms with Gasteiger partial charge in [0.15, 0.2) is 0 Å². The lowest BCUT2D eigenvalue weighted by molar-refractivity contribution is 0.230. The molecule has 0 aliphatic rings. The topological polar surface area (TPSA) is 86.7 Å². The lowest BCUT2D eigenvalue weighted by Gasteiger charge is -2.01. The van der Waals surface area contributed by atoms with Crippen LogP contribution in [-0.2, 0) is 0 Å². The van der Waals surface area contributed by atoms with Crippen molar-refractivity contribution in [1.82, 2.24) is 0 Å². The minimum atomic E-state index is -3.85. The second-order valence-electron chi connectivity index (χ2n) is 0.978. The molecule has 0 radical (unpaired) electrons. The summed E-state index contributed by atoms with van der Waals surface area (Å²) in [7, 11) is -3.85. The van der Waals surface area contributed by atoms with Crippen molar-refractivity contribution in [2.24, 2.45) is 5.73 Å². The third-order valence-electron chi connectivity index (χ3n) is 0.274. The van der Waals surface area contributed by atoms with Gasteiger partial charge in [0, 0.05) is 0 Å². The summed E-state index contributed by atoms with van der Waals surface area (Å²) in [6.45, 7) is 0. The van der Waals surface area contributed by atoms with Crippen molar-refractivity contribution in [3.8, 4) is 0 Å². The van der Waals surface area contributed by atoms with E-state index in [4.69, 9.17) is 14.4 Å². The van der Waals surface area contributed by atoms with Gasteiger partial charge in [-0.1, -0.05) is 0 Å². The van der Waals surface area contributed by atoms with Crippen LogP contribution in [0.4, 0.5) is 0 Å². The maximum Gasteiger partial charge on any atom is 0.507 e. The van der Waals surface area contributed by atoms with Crippen LogP contribution in [0.5, 0.6) is 0 Å². The normalized spacial score (nSPS) is 12.0. The van der Waals surface area contributed by atoms with E-state index in [9.17, 15) is 0 Å². The summed E-state index contributed by atoms with van der Waals surface area (Å²) >= 11 is 0. The summed E-state index contributed by atoms with van der Waals surface area (Å²) < 4.78 is 0. The Kier molecular flexibility index (Phi) is 1.69. The summed E-state index contributed by atoms with van der Waals surface area (Å²) in [6, 6.07) is 0. The minimum Gasteiger partial charge on any atom is -0.389 e. The molecule has 0 unspecified atom stereocenters. The van der Waals surface area contributed by atoms with Crippen LogP contribution in [0.15, 0.2) is 0 Å². The molecule has 0 aliphatic heterocycles. The Morgan fingerprint density at radius 2 is 1.50 bits per heavy atom. The minimum absolute atomic E-state index is 0.424. The van der Waals surface area contributed by atoms with Crippen molar-refractivity contribution >= 4 is 8.80 Å². The molecule has 0 saturated carbocycles. The van der Waals surface area contributed by atoms with Gasteiger partial charge in [-0.2, -0.15) is 0 Å². The largest absolute Gasteiger partial charge is 0.507 e. The number of nitrogens with two attached hydrogens (primary N) is 1. The van der Waals surface area contributed by atoms with Crippen LogP contribution in [0.2, 0.25) is 0 Å². The fourth-order valence-corrected chi connectivity index (χ4v) is 0. The maximum absolute atomic E-state index is 7.95. The molecular weight excluding hydrogens is 102 g/mol. The summed E-state index contributed by atoms with van der Waals surface area (Å²) in [4.78, 5) is 23.9. The van der Waals surface area contributed by atoms with Crippen molar-refractivity contribution in [3.05, 3.63) is 0 Å². The van der Waals surface area contributed by atoms with E-state index >= 15 is 0 Å². The highest BCUT2D eigenvalue weighted by atomic mass is 28.4. The molecule has 0 spiro atoms. The Bertz CT molecular complexity index is 40.5. The molecule has 0 aliphatic carbocycles. The zero-order valence-corrected chi connectivity index (χ0v) is 4.13. The molecule has 4 nitrogen and oxygen atoms in total. The van der Waals surface area contributed by atoms with E-state index in [1.54, 1.807) is 0 Å². The van der Waals surface area contributed by atoms with Crippen molar-refractivity contribution < 1.29 is 14.4 Å². The molecule has 0 rings (SSSR count). The first kappa shape index (κ1) is 6.06. The third-order valence-corrected chi connectivity index (χ3v) is 0.822. The zero-order chi connectivity index (χ0) is 5.21.